The number of nitrogens with two attached hydrogens (primary N) is 1. The van der Waals surface area contributed by atoms with Crippen molar-refractivity contribution >= 4 is 0 Å². The van der Waals surface area contributed by atoms with E-state index in [1.807, 2.05) is 0 Å². The predicted octanol–water partition coefficient (Wildman–Crippen LogP) is 1.77. The number of aryl methyl sites for hydroxylation is 1. The molecule has 0 bridgehead atoms. The van der Waals surface area contributed by atoms with E-state index >= 15 is 0 Å². The lowest BCUT2D eigenvalue weighted by Gasteiger charge is -2.12. The number of aromatic nitrogens is 3. The van der Waals surface area contributed by atoms with Gasteiger partial charge in [-0.15, -0.1) is 5.10 Å². The van der Waals surface area contributed by atoms with Gasteiger partial charge >= 0.3 is 6.01 Å². The molecule has 1 heterocycles. The Kier molecular flexibility index (Phi) is 3.06. The van der Waals surface area contributed by atoms with Gasteiger partial charge in [-0.05, 0) is 19.1 Å². The zero-order chi connectivity index (χ0) is 12.4. The lowest BCUT2D eigenvalue weighted by Crippen LogP contribution is -2.09. The Bertz CT molecular complexity index is 524. The Labute approximate surface area is 98.0 Å². The van der Waals surface area contributed by atoms with Crippen LogP contribution in [0.1, 0.15) is 18.5 Å². The molecule has 1 aromatic carbocycles. The molecule has 0 aliphatic rings. The fraction of sp³-hybridized carbons (Fsp3) is 0.273. The van der Waals surface area contributed by atoms with E-state index in [0.717, 1.165) is 0 Å². The number of hydrogen-bond acceptors (Lipinski definition) is 4. The number of benzene rings is 1. The third-order valence-corrected chi connectivity index (χ3v) is 2.25. The molecule has 1 atom stereocenters. The Hall–Kier alpha value is -1.95. The lowest BCUT2D eigenvalue weighted by molar-refractivity contribution is 0.424. The van der Waals surface area contributed by atoms with Crippen LogP contribution in [0.4, 0.5) is 4.39 Å². The van der Waals surface area contributed by atoms with Crippen LogP contribution in [0.25, 0.3) is 0 Å². The zero-order valence-corrected chi connectivity index (χ0v) is 9.59. The highest BCUT2D eigenvalue weighted by Gasteiger charge is 2.15. The fourth-order valence-corrected chi connectivity index (χ4v) is 1.51. The molecule has 0 radical (unpaired) electrons. The Morgan fingerprint density at radius 1 is 1.47 bits per heavy atom. The minimum Gasteiger partial charge on any atom is -0.423 e. The maximum absolute atomic E-state index is 13.6. The van der Waals surface area contributed by atoms with Crippen LogP contribution in [0.3, 0.4) is 0 Å². The molecular formula is C11H13FN4O. The summed E-state index contributed by atoms with van der Waals surface area (Å²) in [4.78, 5) is 3.91. The Balaban J connectivity index is 2.35. The average molecular weight is 236 g/mol. The van der Waals surface area contributed by atoms with E-state index in [1.165, 1.54) is 17.1 Å². The highest BCUT2D eigenvalue weighted by atomic mass is 19.1. The van der Waals surface area contributed by atoms with Crippen molar-refractivity contribution in [3.05, 3.63) is 35.9 Å². The first-order valence-electron chi connectivity index (χ1n) is 5.15. The van der Waals surface area contributed by atoms with Crippen LogP contribution >= 0.6 is 0 Å². The molecular weight excluding hydrogens is 223 g/mol. The van der Waals surface area contributed by atoms with Crippen molar-refractivity contribution in [1.29, 1.82) is 0 Å². The molecule has 0 fully saturated rings. The molecule has 1 aromatic heterocycles. The first-order chi connectivity index (χ1) is 8.08. The van der Waals surface area contributed by atoms with E-state index in [2.05, 4.69) is 10.1 Å². The van der Waals surface area contributed by atoms with E-state index in [-0.39, 0.29) is 6.01 Å². The predicted molar refractivity (Wildman–Crippen MR) is 60.1 cm³/mol. The van der Waals surface area contributed by atoms with Crippen molar-refractivity contribution in [2.75, 3.05) is 0 Å². The standard InChI is InChI=1S/C11H13FN4O/c1-7(13)10-8(12)4-3-5-9(10)17-11-14-6-16(2)15-11/h3-7H,13H2,1-2H3/t7-/m0/s1. The molecule has 0 spiro atoms. The number of halogens is 1. The van der Waals surface area contributed by atoms with Crippen LogP contribution in [-0.2, 0) is 7.05 Å². The van der Waals surface area contributed by atoms with E-state index in [9.17, 15) is 4.39 Å². The van der Waals surface area contributed by atoms with Crippen LogP contribution in [-0.4, -0.2) is 14.8 Å². The van der Waals surface area contributed by atoms with Crippen LogP contribution < -0.4 is 10.5 Å². The summed E-state index contributed by atoms with van der Waals surface area (Å²) >= 11 is 0. The van der Waals surface area contributed by atoms with E-state index in [1.54, 1.807) is 26.1 Å². The lowest BCUT2D eigenvalue weighted by atomic mass is 10.1. The molecule has 0 aliphatic carbocycles. The number of hydrogen-bond donors (Lipinski definition) is 1. The van der Waals surface area contributed by atoms with Crippen LogP contribution in [0.2, 0.25) is 0 Å². The van der Waals surface area contributed by atoms with Crippen molar-refractivity contribution in [3.63, 3.8) is 0 Å². The molecule has 0 unspecified atom stereocenters. The zero-order valence-electron chi connectivity index (χ0n) is 9.59. The summed E-state index contributed by atoms with van der Waals surface area (Å²) in [7, 11) is 1.72. The van der Waals surface area contributed by atoms with Gasteiger partial charge in [-0.3, -0.25) is 4.68 Å². The second kappa shape index (κ2) is 4.50. The first-order valence-corrected chi connectivity index (χ1v) is 5.15. The third kappa shape index (κ3) is 2.42. The molecule has 0 amide bonds. The SMILES string of the molecule is C[C@H](N)c1c(F)cccc1Oc1ncn(C)n1. The van der Waals surface area contributed by atoms with Crippen LogP contribution in [0.5, 0.6) is 11.8 Å². The fourth-order valence-electron chi connectivity index (χ4n) is 1.51. The summed E-state index contributed by atoms with van der Waals surface area (Å²) in [6.07, 6.45) is 1.50. The number of nitrogens with zero attached hydrogens (tertiary/aromatic N) is 3. The summed E-state index contributed by atoms with van der Waals surface area (Å²) in [5.74, 6) is -0.0559. The summed E-state index contributed by atoms with van der Waals surface area (Å²) in [5, 5.41) is 3.96. The molecule has 5 nitrogen and oxygen atoms in total. The Morgan fingerprint density at radius 2 is 2.24 bits per heavy atom. The first kappa shape index (κ1) is 11.5. The van der Waals surface area contributed by atoms with Crippen molar-refractivity contribution < 1.29 is 9.13 Å². The van der Waals surface area contributed by atoms with Gasteiger partial charge in [0.2, 0.25) is 0 Å². The van der Waals surface area contributed by atoms with Gasteiger partial charge in [-0.25, -0.2) is 4.39 Å². The Morgan fingerprint density at radius 3 is 2.82 bits per heavy atom. The molecule has 6 heteroatoms. The molecule has 0 saturated heterocycles. The smallest absolute Gasteiger partial charge is 0.340 e. The molecule has 2 rings (SSSR count). The molecule has 2 N–H and O–H groups in total. The highest BCUT2D eigenvalue weighted by Crippen LogP contribution is 2.29. The maximum atomic E-state index is 13.6. The van der Waals surface area contributed by atoms with Gasteiger partial charge in [0.1, 0.15) is 17.9 Å². The third-order valence-electron chi connectivity index (χ3n) is 2.25. The monoisotopic (exact) mass is 236 g/mol. The van der Waals surface area contributed by atoms with Crippen LogP contribution in [0.15, 0.2) is 24.5 Å². The summed E-state index contributed by atoms with van der Waals surface area (Å²) in [5.41, 5.74) is 6.03. The van der Waals surface area contributed by atoms with Gasteiger partial charge in [0.15, 0.2) is 0 Å². The summed E-state index contributed by atoms with van der Waals surface area (Å²) in [6, 6.07) is 4.24. The van der Waals surface area contributed by atoms with Gasteiger partial charge in [0.25, 0.3) is 0 Å². The van der Waals surface area contributed by atoms with E-state index in [4.69, 9.17) is 10.5 Å². The summed E-state index contributed by atoms with van der Waals surface area (Å²) in [6.45, 7) is 1.69. The minimum atomic E-state index is -0.463. The van der Waals surface area contributed by atoms with Gasteiger partial charge in [0, 0.05) is 18.7 Å². The van der Waals surface area contributed by atoms with Gasteiger partial charge < -0.3 is 10.5 Å². The normalized spacial score (nSPS) is 12.5. The molecule has 17 heavy (non-hydrogen) atoms. The van der Waals surface area contributed by atoms with Gasteiger partial charge in [-0.2, -0.15) is 4.98 Å². The minimum absolute atomic E-state index is 0.167. The molecule has 90 valence electrons. The average Bonchev–Trinajstić information content (AvgIpc) is 2.63. The van der Waals surface area contributed by atoms with E-state index in [0.29, 0.717) is 11.3 Å². The molecule has 0 aliphatic heterocycles. The maximum Gasteiger partial charge on any atom is 0.340 e. The number of rotatable bonds is 3. The largest absolute Gasteiger partial charge is 0.423 e. The van der Waals surface area contributed by atoms with Crippen molar-refractivity contribution in [3.8, 4) is 11.8 Å². The molecule has 0 saturated carbocycles. The van der Waals surface area contributed by atoms with Gasteiger partial charge in [0.05, 0.1) is 0 Å². The quantitative estimate of drug-likeness (QED) is 0.881. The highest BCUT2D eigenvalue weighted by molar-refractivity contribution is 5.38. The summed E-state index contributed by atoms with van der Waals surface area (Å²) < 4.78 is 20.5. The van der Waals surface area contributed by atoms with Crippen LogP contribution in [0, 0.1) is 5.82 Å². The van der Waals surface area contributed by atoms with E-state index < -0.39 is 11.9 Å². The second-order valence-corrected chi connectivity index (χ2v) is 3.74. The van der Waals surface area contributed by atoms with Crippen molar-refractivity contribution in [2.24, 2.45) is 12.8 Å². The second-order valence-electron chi connectivity index (χ2n) is 3.74. The topological polar surface area (TPSA) is 66.0 Å². The van der Waals surface area contributed by atoms with Crippen molar-refractivity contribution in [2.45, 2.75) is 13.0 Å². The van der Waals surface area contributed by atoms with Crippen molar-refractivity contribution in [1.82, 2.24) is 14.8 Å². The van der Waals surface area contributed by atoms with Gasteiger partial charge in [-0.1, -0.05) is 6.07 Å². The molecule has 2 aromatic rings. The number of ether oxygens (including phenoxy) is 1.